The van der Waals surface area contributed by atoms with Gasteiger partial charge in [-0.25, -0.2) is 0 Å². The third kappa shape index (κ3) is 2.96. The number of rotatable bonds is 4. The van der Waals surface area contributed by atoms with Gasteiger partial charge in [-0.05, 0) is 43.1 Å². The van der Waals surface area contributed by atoms with Gasteiger partial charge in [0.05, 0.1) is 0 Å². The Labute approximate surface area is 104 Å². The molecule has 0 aliphatic heterocycles. The Morgan fingerprint density at radius 1 is 1.47 bits per heavy atom. The van der Waals surface area contributed by atoms with Gasteiger partial charge in [-0.15, -0.1) is 0 Å². The Morgan fingerprint density at radius 2 is 2.29 bits per heavy atom. The topological polar surface area (TPSA) is 17.1 Å². The van der Waals surface area contributed by atoms with Gasteiger partial charge in [-0.3, -0.25) is 0 Å². The van der Waals surface area contributed by atoms with E-state index in [1.54, 1.807) is 0 Å². The van der Waals surface area contributed by atoms with Crippen molar-refractivity contribution in [2.45, 2.75) is 39.5 Å². The van der Waals surface area contributed by atoms with E-state index in [4.69, 9.17) is 0 Å². The number of carbonyl (C=O) groups excluding carboxylic acids is 1. The predicted octanol–water partition coefficient (Wildman–Crippen LogP) is 4.07. The summed E-state index contributed by atoms with van der Waals surface area (Å²) < 4.78 is 0. The van der Waals surface area contributed by atoms with Crippen LogP contribution in [0.3, 0.4) is 0 Å². The Kier molecular flexibility index (Phi) is 3.98. The molecule has 0 aromatic rings. The van der Waals surface area contributed by atoms with E-state index in [1.165, 1.54) is 24.0 Å². The molecule has 0 heterocycles. The van der Waals surface area contributed by atoms with Crippen molar-refractivity contribution in [1.29, 1.82) is 0 Å². The number of hydrogen-bond acceptors (Lipinski definition) is 1. The molecule has 0 bridgehead atoms. The summed E-state index contributed by atoms with van der Waals surface area (Å²) in [5.74, 6) is 1.34. The van der Waals surface area contributed by atoms with Crippen LogP contribution in [0.2, 0.25) is 0 Å². The Bertz CT molecular complexity index is 371. The second-order valence-corrected chi connectivity index (χ2v) is 5.58. The van der Waals surface area contributed by atoms with Crippen LogP contribution < -0.4 is 0 Å². The quantitative estimate of drug-likeness (QED) is 0.665. The largest absolute Gasteiger partial charge is 0.303 e. The van der Waals surface area contributed by atoms with E-state index < -0.39 is 0 Å². The van der Waals surface area contributed by atoms with Gasteiger partial charge in [-0.1, -0.05) is 43.7 Å². The molecule has 0 N–H and O–H groups in total. The summed E-state index contributed by atoms with van der Waals surface area (Å²) in [6.07, 6.45) is 14.9. The average molecular weight is 230 g/mol. The molecule has 0 amide bonds. The van der Waals surface area contributed by atoms with Crippen molar-refractivity contribution >= 4 is 6.29 Å². The smallest absolute Gasteiger partial charge is 0.123 e. The van der Waals surface area contributed by atoms with Crippen LogP contribution in [-0.4, -0.2) is 6.29 Å². The Hall–Kier alpha value is -1.11. The predicted molar refractivity (Wildman–Crippen MR) is 71.7 cm³/mol. The van der Waals surface area contributed by atoms with E-state index in [0.717, 1.165) is 25.0 Å². The fourth-order valence-corrected chi connectivity index (χ4v) is 2.66. The molecule has 1 nitrogen and oxygen atoms in total. The van der Waals surface area contributed by atoms with Gasteiger partial charge in [-0.2, -0.15) is 0 Å². The fourth-order valence-electron chi connectivity index (χ4n) is 2.66. The van der Waals surface area contributed by atoms with E-state index in [1.807, 2.05) is 0 Å². The van der Waals surface area contributed by atoms with Gasteiger partial charge in [0, 0.05) is 5.92 Å². The second kappa shape index (κ2) is 5.48. The molecule has 2 aliphatic rings. The van der Waals surface area contributed by atoms with Crippen molar-refractivity contribution in [1.82, 2.24) is 0 Å². The molecule has 0 saturated carbocycles. The lowest BCUT2D eigenvalue weighted by molar-refractivity contribution is -0.112. The van der Waals surface area contributed by atoms with Gasteiger partial charge < -0.3 is 4.79 Å². The molecule has 2 aliphatic carbocycles. The van der Waals surface area contributed by atoms with Gasteiger partial charge >= 0.3 is 0 Å². The van der Waals surface area contributed by atoms with Gasteiger partial charge in [0.15, 0.2) is 0 Å². The maximum absolute atomic E-state index is 11.0. The van der Waals surface area contributed by atoms with E-state index in [9.17, 15) is 4.79 Å². The Morgan fingerprint density at radius 3 is 3.00 bits per heavy atom. The third-order valence-corrected chi connectivity index (χ3v) is 3.98. The van der Waals surface area contributed by atoms with Crippen LogP contribution in [0.4, 0.5) is 0 Å². The van der Waals surface area contributed by atoms with Crippen LogP contribution in [0.5, 0.6) is 0 Å². The first-order chi connectivity index (χ1) is 8.20. The summed E-state index contributed by atoms with van der Waals surface area (Å²) in [5.41, 5.74) is 2.83. The zero-order valence-electron chi connectivity index (χ0n) is 10.9. The monoisotopic (exact) mass is 230 g/mol. The number of allylic oxidation sites excluding steroid dienone is 6. The maximum atomic E-state index is 11.0. The highest BCUT2D eigenvalue weighted by Crippen LogP contribution is 2.34. The summed E-state index contributed by atoms with van der Waals surface area (Å²) in [6, 6.07) is 0. The second-order valence-electron chi connectivity index (χ2n) is 5.58. The summed E-state index contributed by atoms with van der Waals surface area (Å²) in [4.78, 5) is 11.0. The molecule has 2 atom stereocenters. The first-order valence-corrected chi connectivity index (χ1v) is 6.73. The van der Waals surface area contributed by atoms with Crippen molar-refractivity contribution in [3.05, 3.63) is 35.5 Å². The molecule has 17 heavy (non-hydrogen) atoms. The van der Waals surface area contributed by atoms with E-state index in [0.29, 0.717) is 5.92 Å². The van der Waals surface area contributed by atoms with Crippen LogP contribution in [0.25, 0.3) is 0 Å². The lowest BCUT2D eigenvalue weighted by atomic mass is 9.79. The molecule has 0 aromatic carbocycles. The van der Waals surface area contributed by atoms with Crippen LogP contribution in [0.15, 0.2) is 35.5 Å². The van der Waals surface area contributed by atoms with Crippen molar-refractivity contribution in [3.63, 3.8) is 0 Å². The summed E-state index contributed by atoms with van der Waals surface area (Å²) in [7, 11) is 0. The summed E-state index contributed by atoms with van der Waals surface area (Å²) in [6.45, 7) is 4.25. The fraction of sp³-hybridized carbons (Fsp3) is 0.562. The molecule has 2 rings (SSSR count). The standard InChI is InChI=1S/C16H22O/c1-12(2)16(11-17)10-13-7-8-14-5-3-4-6-15(14)9-13/h4,6-7,9,11-12,14,16H,3,5,8,10H2,1-2H3. The zero-order chi connectivity index (χ0) is 12.3. The molecule has 0 aromatic heterocycles. The minimum absolute atomic E-state index is 0.169. The molecule has 1 heteroatoms. The van der Waals surface area contributed by atoms with Gasteiger partial charge in [0.25, 0.3) is 0 Å². The molecule has 0 fully saturated rings. The molecule has 0 saturated heterocycles. The van der Waals surface area contributed by atoms with Crippen LogP contribution >= 0.6 is 0 Å². The number of fused-ring (bicyclic) bond motifs is 1. The van der Waals surface area contributed by atoms with Crippen molar-refractivity contribution in [3.8, 4) is 0 Å². The van der Waals surface area contributed by atoms with E-state index in [2.05, 4.69) is 38.2 Å². The zero-order valence-corrected chi connectivity index (χ0v) is 10.9. The summed E-state index contributed by atoms with van der Waals surface area (Å²) >= 11 is 0. The number of aldehydes is 1. The van der Waals surface area contributed by atoms with Gasteiger partial charge in [0.2, 0.25) is 0 Å². The maximum Gasteiger partial charge on any atom is 0.123 e. The molecule has 0 spiro atoms. The van der Waals surface area contributed by atoms with Crippen molar-refractivity contribution in [2.75, 3.05) is 0 Å². The van der Waals surface area contributed by atoms with E-state index >= 15 is 0 Å². The third-order valence-electron chi connectivity index (χ3n) is 3.98. The SMILES string of the molecule is CC(C)C(C=O)CC1=CCC2CCC=CC2=C1. The minimum atomic E-state index is 0.169. The molecule has 92 valence electrons. The van der Waals surface area contributed by atoms with Gasteiger partial charge in [0.1, 0.15) is 6.29 Å². The molecular formula is C16H22O. The first kappa shape index (κ1) is 12.3. The lowest BCUT2D eigenvalue weighted by Crippen LogP contribution is -2.14. The highest BCUT2D eigenvalue weighted by atomic mass is 16.1. The number of carbonyl (C=O) groups is 1. The highest BCUT2D eigenvalue weighted by molar-refractivity contribution is 5.55. The van der Waals surface area contributed by atoms with Crippen LogP contribution in [0, 0.1) is 17.8 Å². The lowest BCUT2D eigenvalue weighted by Gasteiger charge is -2.25. The molecule has 2 unspecified atom stereocenters. The van der Waals surface area contributed by atoms with Crippen LogP contribution in [0.1, 0.15) is 39.5 Å². The normalized spacial score (nSPS) is 25.0. The average Bonchev–Trinajstić information content (AvgIpc) is 2.35. The molecule has 0 radical (unpaired) electrons. The minimum Gasteiger partial charge on any atom is -0.303 e. The van der Waals surface area contributed by atoms with E-state index in [-0.39, 0.29) is 5.92 Å². The molecular weight excluding hydrogens is 208 g/mol. The highest BCUT2D eigenvalue weighted by Gasteiger charge is 2.20. The first-order valence-electron chi connectivity index (χ1n) is 6.73. The van der Waals surface area contributed by atoms with Crippen molar-refractivity contribution < 1.29 is 4.79 Å². The summed E-state index contributed by atoms with van der Waals surface area (Å²) in [5, 5.41) is 0. The van der Waals surface area contributed by atoms with Crippen LogP contribution in [-0.2, 0) is 4.79 Å². The Balaban J connectivity index is 2.06. The number of hydrogen-bond donors (Lipinski definition) is 0. The van der Waals surface area contributed by atoms with Crippen molar-refractivity contribution in [2.24, 2.45) is 17.8 Å².